The van der Waals surface area contributed by atoms with Gasteiger partial charge < -0.3 is 15.4 Å². The van der Waals surface area contributed by atoms with Gasteiger partial charge in [-0.25, -0.2) is 0 Å². The number of amides is 2. The second-order valence-corrected chi connectivity index (χ2v) is 6.67. The number of hydrogen-bond donors (Lipinski definition) is 2. The molecule has 0 aromatic heterocycles. The molecule has 3 rings (SSSR count). The molecule has 26 heavy (non-hydrogen) atoms. The molecule has 1 fully saturated rings. The molecule has 1 aliphatic carbocycles. The summed E-state index contributed by atoms with van der Waals surface area (Å²) in [5, 5.41) is 5.79. The zero-order valence-electron chi connectivity index (χ0n) is 15.2. The fourth-order valence-corrected chi connectivity index (χ4v) is 2.84. The van der Waals surface area contributed by atoms with Gasteiger partial charge in [-0.15, -0.1) is 0 Å². The molecule has 0 radical (unpaired) electrons. The minimum Gasteiger partial charge on any atom is -0.496 e. The van der Waals surface area contributed by atoms with Crippen LogP contribution < -0.4 is 15.4 Å². The van der Waals surface area contributed by atoms with Crippen LogP contribution in [-0.2, 0) is 11.2 Å². The molecule has 1 saturated carbocycles. The number of carbonyl (C=O) groups excluding carboxylic acids is 2. The standard InChI is InChI=1S/C21H24N2O3/c1-14-6-9-19(26-2)16(12-14)10-11-22-20(24)17-4-3-5-18(13-17)23-21(25)15-7-8-15/h3-6,9,12-13,15H,7-8,10-11H2,1-2H3,(H,22,24)(H,23,25). The number of anilines is 1. The van der Waals surface area contributed by atoms with Crippen molar-refractivity contribution in [3.8, 4) is 5.75 Å². The first-order valence-corrected chi connectivity index (χ1v) is 8.89. The average molecular weight is 352 g/mol. The van der Waals surface area contributed by atoms with Crippen LogP contribution in [-0.4, -0.2) is 25.5 Å². The molecule has 136 valence electrons. The Balaban J connectivity index is 1.56. The Hall–Kier alpha value is -2.82. The van der Waals surface area contributed by atoms with Crippen molar-refractivity contribution in [1.82, 2.24) is 5.32 Å². The molecule has 5 nitrogen and oxygen atoms in total. The molecule has 5 heteroatoms. The number of aryl methyl sites for hydroxylation is 1. The van der Waals surface area contributed by atoms with Crippen molar-refractivity contribution in [2.75, 3.05) is 19.0 Å². The van der Waals surface area contributed by atoms with Gasteiger partial charge in [-0.05, 0) is 56.0 Å². The van der Waals surface area contributed by atoms with E-state index >= 15 is 0 Å². The lowest BCUT2D eigenvalue weighted by Crippen LogP contribution is -2.26. The third kappa shape index (κ3) is 4.63. The largest absolute Gasteiger partial charge is 0.496 e. The van der Waals surface area contributed by atoms with E-state index in [-0.39, 0.29) is 17.7 Å². The van der Waals surface area contributed by atoms with E-state index in [0.29, 0.717) is 24.2 Å². The summed E-state index contributed by atoms with van der Waals surface area (Å²) in [5.41, 5.74) is 3.43. The molecular weight excluding hydrogens is 328 g/mol. The second kappa shape index (κ2) is 8.04. The van der Waals surface area contributed by atoms with Crippen molar-refractivity contribution >= 4 is 17.5 Å². The van der Waals surface area contributed by atoms with Gasteiger partial charge in [0, 0.05) is 23.7 Å². The van der Waals surface area contributed by atoms with Crippen molar-refractivity contribution in [3.63, 3.8) is 0 Å². The quantitative estimate of drug-likeness (QED) is 0.803. The minimum atomic E-state index is -0.154. The maximum absolute atomic E-state index is 12.4. The van der Waals surface area contributed by atoms with Gasteiger partial charge in [0.25, 0.3) is 5.91 Å². The van der Waals surface area contributed by atoms with Crippen LogP contribution in [0, 0.1) is 12.8 Å². The summed E-state index contributed by atoms with van der Waals surface area (Å²) in [6, 6.07) is 13.0. The molecule has 0 heterocycles. The summed E-state index contributed by atoms with van der Waals surface area (Å²) in [6.07, 6.45) is 2.59. The monoisotopic (exact) mass is 352 g/mol. The third-order valence-electron chi connectivity index (χ3n) is 4.46. The Kier molecular flexibility index (Phi) is 5.56. The van der Waals surface area contributed by atoms with Crippen LogP contribution in [0.25, 0.3) is 0 Å². The number of nitrogens with one attached hydrogen (secondary N) is 2. The van der Waals surface area contributed by atoms with Crippen LogP contribution in [0.5, 0.6) is 5.75 Å². The average Bonchev–Trinajstić information content (AvgIpc) is 3.47. The van der Waals surface area contributed by atoms with Crippen LogP contribution in [0.15, 0.2) is 42.5 Å². The Bertz CT molecular complexity index is 813. The number of rotatable bonds is 7. The minimum absolute atomic E-state index is 0.0362. The molecule has 0 aliphatic heterocycles. The lowest BCUT2D eigenvalue weighted by molar-refractivity contribution is -0.117. The molecule has 0 saturated heterocycles. The van der Waals surface area contributed by atoms with E-state index < -0.39 is 0 Å². The number of ether oxygens (including phenoxy) is 1. The maximum Gasteiger partial charge on any atom is 0.251 e. The number of hydrogen-bond acceptors (Lipinski definition) is 3. The fraction of sp³-hybridized carbons (Fsp3) is 0.333. The highest BCUT2D eigenvalue weighted by Crippen LogP contribution is 2.30. The molecule has 0 atom stereocenters. The summed E-state index contributed by atoms with van der Waals surface area (Å²) in [6.45, 7) is 2.54. The highest BCUT2D eigenvalue weighted by molar-refractivity contribution is 5.98. The first-order chi connectivity index (χ1) is 12.6. The Morgan fingerprint density at radius 3 is 2.69 bits per heavy atom. The smallest absolute Gasteiger partial charge is 0.251 e. The summed E-state index contributed by atoms with van der Waals surface area (Å²) < 4.78 is 5.37. The Morgan fingerprint density at radius 1 is 1.15 bits per heavy atom. The van der Waals surface area contributed by atoms with Gasteiger partial charge in [0.2, 0.25) is 5.91 Å². The van der Waals surface area contributed by atoms with Gasteiger partial charge in [0.15, 0.2) is 0 Å². The topological polar surface area (TPSA) is 67.4 Å². The van der Waals surface area contributed by atoms with Crippen molar-refractivity contribution in [2.24, 2.45) is 5.92 Å². The van der Waals surface area contributed by atoms with E-state index in [0.717, 1.165) is 29.7 Å². The van der Waals surface area contributed by atoms with E-state index in [1.165, 1.54) is 0 Å². The van der Waals surface area contributed by atoms with Crippen molar-refractivity contribution in [1.29, 1.82) is 0 Å². The summed E-state index contributed by atoms with van der Waals surface area (Å²) in [7, 11) is 1.65. The number of methoxy groups -OCH3 is 1. The highest BCUT2D eigenvalue weighted by Gasteiger charge is 2.29. The molecule has 2 aromatic rings. The van der Waals surface area contributed by atoms with Gasteiger partial charge in [-0.2, -0.15) is 0 Å². The summed E-state index contributed by atoms with van der Waals surface area (Å²) in [5.74, 6) is 0.847. The van der Waals surface area contributed by atoms with E-state index in [1.807, 2.05) is 19.1 Å². The summed E-state index contributed by atoms with van der Waals surface area (Å²) in [4.78, 5) is 24.2. The second-order valence-electron chi connectivity index (χ2n) is 6.67. The fourth-order valence-electron chi connectivity index (χ4n) is 2.84. The molecule has 2 aromatic carbocycles. The van der Waals surface area contributed by atoms with Crippen LogP contribution in [0.2, 0.25) is 0 Å². The zero-order chi connectivity index (χ0) is 18.5. The van der Waals surface area contributed by atoms with Gasteiger partial charge in [-0.3, -0.25) is 9.59 Å². The summed E-state index contributed by atoms with van der Waals surface area (Å²) >= 11 is 0. The van der Waals surface area contributed by atoms with Gasteiger partial charge in [0.05, 0.1) is 7.11 Å². The van der Waals surface area contributed by atoms with Gasteiger partial charge >= 0.3 is 0 Å². The van der Waals surface area contributed by atoms with Crippen molar-refractivity contribution in [2.45, 2.75) is 26.2 Å². The first kappa shape index (κ1) is 18.0. The van der Waals surface area contributed by atoms with E-state index in [1.54, 1.807) is 31.4 Å². The van der Waals surface area contributed by atoms with Gasteiger partial charge in [0.1, 0.15) is 5.75 Å². The van der Waals surface area contributed by atoms with E-state index in [9.17, 15) is 9.59 Å². The van der Waals surface area contributed by atoms with E-state index in [4.69, 9.17) is 4.74 Å². The molecule has 1 aliphatic rings. The maximum atomic E-state index is 12.4. The SMILES string of the molecule is COc1ccc(C)cc1CCNC(=O)c1cccc(NC(=O)C2CC2)c1. The number of carbonyl (C=O) groups is 2. The molecule has 2 N–H and O–H groups in total. The lowest BCUT2D eigenvalue weighted by atomic mass is 10.1. The Morgan fingerprint density at radius 2 is 1.96 bits per heavy atom. The predicted octanol–water partition coefficient (Wildman–Crippen LogP) is 3.32. The molecule has 0 spiro atoms. The first-order valence-electron chi connectivity index (χ1n) is 8.89. The number of benzene rings is 2. The predicted molar refractivity (Wildman–Crippen MR) is 102 cm³/mol. The van der Waals surface area contributed by atoms with Crippen LogP contribution in [0.3, 0.4) is 0 Å². The normalized spacial score (nSPS) is 13.2. The molecule has 0 unspecified atom stereocenters. The van der Waals surface area contributed by atoms with Crippen LogP contribution in [0.4, 0.5) is 5.69 Å². The van der Waals surface area contributed by atoms with Crippen LogP contribution >= 0.6 is 0 Å². The lowest BCUT2D eigenvalue weighted by Gasteiger charge is -2.11. The van der Waals surface area contributed by atoms with Crippen molar-refractivity contribution in [3.05, 3.63) is 59.2 Å². The van der Waals surface area contributed by atoms with Gasteiger partial charge in [-0.1, -0.05) is 23.8 Å². The van der Waals surface area contributed by atoms with Crippen LogP contribution in [0.1, 0.15) is 34.3 Å². The molecule has 2 amide bonds. The van der Waals surface area contributed by atoms with E-state index in [2.05, 4.69) is 16.7 Å². The molecular formula is C21H24N2O3. The third-order valence-corrected chi connectivity index (χ3v) is 4.46. The Labute approximate surface area is 153 Å². The zero-order valence-corrected chi connectivity index (χ0v) is 15.2. The highest BCUT2D eigenvalue weighted by atomic mass is 16.5. The molecule has 0 bridgehead atoms. The van der Waals surface area contributed by atoms with Crippen molar-refractivity contribution < 1.29 is 14.3 Å².